The van der Waals surface area contributed by atoms with Crippen molar-refractivity contribution in [3.05, 3.63) is 24.3 Å². The fraction of sp³-hybridized carbons (Fsp3) is 0.571. The maximum absolute atomic E-state index is 12.2. The van der Waals surface area contributed by atoms with Crippen LogP contribution in [0.15, 0.2) is 29.2 Å². The maximum Gasteiger partial charge on any atom is 0.178 e. The molecule has 0 radical (unpaired) electrons. The number of methoxy groups -OCH3 is 1. The van der Waals surface area contributed by atoms with Crippen molar-refractivity contribution in [3.63, 3.8) is 0 Å². The van der Waals surface area contributed by atoms with Gasteiger partial charge in [0.05, 0.1) is 17.8 Å². The van der Waals surface area contributed by atoms with E-state index in [0.29, 0.717) is 16.6 Å². The fourth-order valence-electron chi connectivity index (χ4n) is 2.39. The second kappa shape index (κ2) is 6.39. The number of nitrogens with one attached hydrogen (secondary N) is 1. The number of hydrogen-bond acceptors (Lipinski definition) is 4. The molecule has 1 heterocycles. The molecule has 4 nitrogen and oxygen atoms in total. The van der Waals surface area contributed by atoms with Crippen LogP contribution in [-0.4, -0.2) is 34.4 Å². The Labute approximate surface area is 115 Å². The molecule has 1 aliphatic heterocycles. The third-order valence-corrected chi connectivity index (χ3v) is 5.44. The van der Waals surface area contributed by atoms with E-state index in [1.165, 1.54) is 0 Å². The first-order valence-electron chi connectivity index (χ1n) is 6.69. The van der Waals surface area contributed by atoms with Crippen molar-refractivity contribution in [1.82, 2.24) is 5.32 Å². The minimum Gasteiger partial charge on any atom is -0.497 e. The summed E-state index contributed by atoms with van der Waals surface area (Å²) in [5.74, 6) is 1.45. The lowest BCUT2D eigenvalue weighted by atomic mass is 9.96. The van der Waals surface area contributed by atoms with E-state index in [4.69, 9.17) is 4.74 Å². The summed E-state index contributed by atoms with van der Waals surface area (Å²) in [5.41, 5.74) is 0. The first kappa shape index (κ1) is 14.3. The second-order valence-electron chi connectivity index (χ2n) is 4.98. The molecule has 0 atom stereocenters. The van der Waals surface area contributed by atoms with Gasteiger partial charge in [-0.2, -0.15) is 0 Å². The lowest BCUT2D eigenvalue weighted by Gasteiger charge is -2.22. The number of ether oxygens (including phenoxy) is 1. The third kappa shape index (κ3) is 3.94. The zero-order chi connectivity index (χ0) is 13.7. The van der Waals surface area contributed by atoms with E-state index in [1.807, 2.05) is 0 Å². The Morgan fingerprint density at radius 3 is 2.42 bits per heavy atom. The summed E-state index contributed by atoms with van der Waals surface area (Å²) >= 11 is 0. The zero-order valence-corrected chi connectivity index (χ0v) is 12.1. The average Bonchev–Trinajstić information content (AvgIpc) is 2.46. The topological polar surface area (TPSA) is 55.4 Å². The molecule has 2 rings (SSSR count). The Bertz CT molecular complexity index is 490. The van der Waals surface area contributed by atoms with Gasteiger partial charge in [-0.25, -0.2) is 8.42 Å². The summed E-state index contributed by atoms with van der Waals surface area (Å²) in [4.78, 5) is 0.391. The lowest BCUT2D eigenvalue weighted by molar-refractivity contribution is 0.365. The molecule has 0 amide bonds. The van der Waals surface area contributed by atoms with Crippen LogP contribution >= 0.6 is 0 Å². The highest BCUT2D eigenvalue weighted by atomic mass is 32.2. The van der Waals surface area contributed by atoms with Gasteiger partial charge in [-0.15, -0.1) is 0 Å². The number of benzene rings is 1. The fourth-order valence-corrected chi connectivity index (χ4v) is 3.82. The molecule has 1 N–H and O–H groups in total. The zero-order valence-electron chi connectivity index (χ0n) is 11.3. The summed E-state index contributed by atoms with van der Waals surface area (Å²) in [6, 6.07) is 6.63. The van der Waals surface area contributed by atoms with Crippen LogP contribution in [0.25, 0.3) is 0 Å². The molecule has 1 fully saturated rings. The van der Waals surface area contributed by atoms with Gasteiger partial charge in [0.25, 0.3) is 0 Å². The molecule has 106 valence electrons. The minimum absolute atomic E-state index is 0.240. The molecule has 0 spiro atoms. The number of hydrogen-bond donors (Lipinski definition) is 1. The number of piperidine rings is 1. The molecule has 0 unspecified atom stereocenters. The standard InChI is InChI=1S/C14H21NO3S/c1-18-13-2-4-14(5-3-13)19(16,17)11-8-12-6-9-15-10-7-12/h2-5,12,15H,6-11H2,1H3. The Hall–Kier alpha value is -1.07. The van der Waals surface area contributed by atoms with Crippen molar-refractivity contribution >= 4 is 9.84 Å². The van der Waals surface area contributed by atoms with Gasteiger partial charge in [-0.05, 0) is 62.5 Å². The van der Waals surface area contributed by atoms with Crippen LogP contribution in [-0.2, 0) is 9.84 Å². The van der Waals surface area contributed by atoms with E-state index < -0.39 is 9.84 Å². The highest BCUT2D eigenvalue weighted by molar-refractivity contribution is 7.91. The van der Waals surface area contributed by atoms with Crippen LogP contribution in [0.2, 0.25) is 0 Å². The van der Waals surface area contributed by atoms with E-state index in [1.54, 1.807) is 31.4 Å². The van der Waals surface area contributed by atoms with Gasteiger partial charge in [-0.1, -0.05) is 0 Å². The van der Waals surface area contributed by atoms with Crippen LogP contribution in [0, 0.1) is 5.92 Å². The van der Waals surface area contributed by atoms with Crippen LogP contribution in [0.4, 0.5) is 0 Å². The number of rotatable bonds is 5. The van der Waals surface area contributed by atoms with Crippen molar-refractivity contribution < 1.29 is 13.2 Å². The van der Waals surface area contributed by atoms with Gasteiger partial charge < -0.3 is 10.1 Å². The molecular formula is C14H21NO3S. The highest BCUT2D eigenvalue weighted by Gasteiger charge is 2.19. The van der Waals surface area contributed by atoms with Crippen LogP contribution in [0.1, 0.15) is 19.3 Å². The quantitative estimate of drug-likeness (QED) is 0.896. The predicted octanol–water partition coefficient (Wildman–Crippen LogP) is 1.86. The molecule has 0 aromatic heterocycles. The molecule has 0 bridgehead atoms. The first-order chi connectivity index (χ1) is 9.12. The van der Waals surface area contributed by atoms with Crippen molar-refractivity contribution in [1.29, 1.82) is 0 Å². The molecule has 1 saturated heterocycles. The van der Waals surface area contributed by atoms with E-state index in [-0.39, 0.29) is 5.75 Å². The second-order valence-corrected chi connectivity index (χ2v) is 7.09. The molecule has 0 saturated carbocycles. The first-order valence-corrected chi connectivity index (χ1v) is 8.34. The van der Waals surface area contributed by atoms with Gasteiger partial charge in [-0.3, -0.25) is 0 Å². The van der Waals surface area contributed by atoms with E-state index in [2.05, 4.69) is 5.32 Å². The normalized spacial score (nSPS) is 17.3. The minimum atomic E-state index is -3.16. The van der Waals surface area contributed by atoms with E-state index in [0.717, 1.165) is 32.4 Å². The summed E-state index contributed by atoms with van der Waals surface area (Å²) in [6.45, 7) is 2.01. The highest BCUT2D eigenvalue weighted by Crippen LogP contribution is 2.21. The SMILES string of the molecule is COc1ccc(S(=O)(=O)CCC2CCNCC2)cc1. The monoisotopic (exact) mass is 283 g/mol. The maximum atomic E-state index is 12.2. The molecule has 1 aliphatic rings. The Kier molecular flexibility index (Phi) is 4.82. The van der Waals surface area contributed by atoms with Gasteiger partial charge in [0.2, 0.25) is 0 Å². The summed E-state index contributed by atoms with van der Waals surface area (Å²) < 4.78 is 29.5. The van der Waals surface area contributed by atoms with Gasteiger partial charge >= 0.3 is 0 Å². The summed E-state index contributed by atoms with van der Waals surface area (Å²) in [6.07, 6.45) is 2.92. The van der Waals surface area contributed by atoms with Gasteiger partial charge in [0.1, 0.15) is 5.75 Å². The smallest absolute Gasteiger partial charge is 0.178 e. The number of sulfone groups is 1. The largest absolute Gasteiger partial charge is 0.497 e. The Morgan fingerprint density at radius 2 is 1.84 bits per heavy atom. The molecule has 19 heavy (non-hydrogen) atoms. The molecule has 5 heteroatoms. The Balaban J connectivity index is 1.96. The van der Waals surface area contributed by atoms with Crippen molar-refractivity contribution in [2.45, 2.75) is 24.2 Å². The van der Waals surface area contributed by atoms with Crippen LogP contribution in [0.3, 0.4) is 0 Å². The van der Waals surface area contributed by atoms with E-state index >= 15 is 0 Å². The molecule has 0 aliphatic carbocycles. The van der Waals surface area contributed by atoms with Crippen molar-refractivity contribution in [2.24, 2.45) is 5.92 Å². The average molecular weight is 283 g/mol. The van der Waals surface area contributed by atoms with Crippen molar-refractivity contribution in [3.8, 4) is 5.75 Å². The molecular weight excluding hydrogens is 262 g/mol. The van der Waals surface area contributed by atoms with Crippen LogP contribution in [0.5, 0.6) is 5.75 Å². The molecule has 1 aromatic rings. The van der Waals surface area contributed by atoms with Gasteiger partial charge in [0, 0.05) is 0 Å². The van der Waals surface area contributed by atoms with Crippen molar-refractivity contribution in [2.75, 3.05) is 26.0 Å². The van der Waals surface area contributed by atoms with Crippen LogP contribution < -0.4 is 10.1 Å². The Morgan fingerprint density at radius 1 is 1.21 bits per heavy atom. The summed E-state index contributed by atoms with van der Waals surface area (Å²) in [7, 11) is -1.59. The van der Waals surface area contributed by atoms with Gasteiger partial charge in [0.15, 0.2) is 9.84 Å². The molecule has 1 aromatic carbocycles. The summed E-state index contributed by atoms with van der Waals surface area (Å²) in [5, 5.41) is 3.29. The lowest BCUT2D eigenvalue weighted by Crippen LogP contribution is -2.28. The third-order valence-electron chi connectivity index (χ3n) is 3.67. The van der Waals surface area contributed by atoms with E-state index in [9.17, 15) is 8.42 Å². The predicted molar refractivity (Wildman–Crippen MR) is 75.3 cm³/mol.